The van der Waals surface area contributed by atoms with Crippen LogP contribution in [0, 0.1) is 5.82 Å². The van der Waals surface area contributed by atoms with Crippen LogP contribution in [0.3, 0.4) is 0 Å². The van der Waals surface area contributed by atoms with E-state index in [9.17, 15) is 13.2 Å². The second kappa shape index (κ2) is 8.30. The lowest BCUT2D eigenvalue weighted by atomic mass is 10.1. The second-order valence-corrected chi connectivity index (χ2v) is 5.08. The van der Waals surface area contributed by atoms with Gasteiger partial charge in [-0.2, -0.15) is 13.9 Å². The molecule has 0 saturated heterocycles. The Morgan fingerprint density at radius 2 is 1.88 bits per heavy atom. The lowest BCUT2D eigenvalue weighted by Gasteiger charge is -2.09. The number of anilines is 1. The normalized spacial score (nSPS) is 11.3. The van der Waals surface area contributed by atoms with E-state index >= 15 is 0 Å². The molecule has 2 aromatic carbocycles. The summed E-state index contributed by atoms with van der Waals surface area (Å²) in [7, 11) is 0. The highest BCUT2D eigenvalue weighted by Crippen LogP contribution is 2.16. The molecule has 0 fully saturated rings. The molecule has 0 spiro atoms. The van der Waals surface area contributed by atoms with Gasteiger partial charge in [-0.05, 0) is 55.5 Å². The van der Waals surface area contributed by atoms with Crippen molar-refractivity contribution in [2.75, 3.05) is 5.32 Å². The Labute approximate surface area is 142 Å². The van der Waals surface area contributed by atoms with Crippen molar-refractivity contribution in [1.29, 1.82) is 0 Å². The summed E-state index contributed by atoms with van der Waals surface area (Å²) < 4.78 is 41.6. The van der Waals surface area contributed by atoms with Gasteiger partial charge in [-0.15, -0.1) is 0 Å². The number of nitrogens with zero attached hydrogens (tertiary/aromatic N) is 1. The Hall–Kier alpha value is -2.61. The van der Waals surface area contributed by atoms with Crippen LogP contribution in [-0.2, 0) is 0 Å². The molecule has 0 saturated carbocycles. The van der Waals surface area contributed by atoms with Gasteiger partial charge >= 0.3 is 6.61 Å². The zero-order valence-electron chi connectivity index (χ0n) is 12.6. The predicted octanol–water partition coefficient (Wildman–Crippen LogP) is 4.14. The van der Waals surface area contributed by atoms with E-state index < -0.39 is 6.61 Å². The van der Waals surface area contributed by atoms with Crippen LogP contribution in [0.5, 0.6) is 5.75 Å². The third kappa shape index (κ3) is 5.54. The molecule has 24 heavy (non-hydrogen) atoms. The highest BCUT2D eigenvalue weighted by atomic mass is 32.1. The van der Waals surface area contributed by atoms with Crippen molar-refractivity contribution < 1.29 is 17.9 Å². The Bertz CT molecular complexity index is 736. The van der Waals surface area contributed by atoms with Crippen LogP contribution >= 0.6 is 12.2 Å². The number of hydrazone groups is 1. The molecule has 0 radical (unpaired) electrons. The van der Waals surface area contributed by atoms with Gasteiger partial charge in [0, 0.05) is 11.3 Å². The minimum atomic E-state index is -2.89. The van der Waals surface area contributed by atoms with E-state index in [-0.39, 0.29) is 16.7 Å². The maximum absolute atomic E-state index is 12.8. The number of rotatable bonds is 5. The van der Waals surface area contributed by atoms with E-state index in [0.717, 1.165) is 0 Å². The van der Waals surface area contributed by atoms with Gasteiger partial charge < -0.3 is 10.1 Å². The number of hydrogen-bond acceptors (Lipinski definition) is 3. The predicted molar refractivity (Wildman–Crippen MR) is 91.0 cm³/mol. The van der Waals surface area contributed by atoms with E-state index in [0.29, 0.717) is 17.0 Å². The van der Waals surface area contributed by atoms with Crippen LogP contribution in [-0.4, -0.2) is 17.4 Å². The minimum Gasteiger partial charge on any atom is -0.435 e. The summed E-state index contributed by atoms with van der Waals surface area (Å²) in [6.45, 7) is -1.20. The van der Waals surface area contributed by atoms with E-state index in [1.54, 1.807) is 19.1 Å². The number of hydrogen-bond donors (Lipinski definition) is 2. The van der Waals surface area contributed by atoms with Crippen molar-refractivity contribution in [2.45, 2.75) is 13.5 Å². The average Bonchev–Trinajstić information content (AvgIpc) is 2.54. The minimum absolute atomic E-state index is 0.0454. The highest BCUT2D eigenvalue weighted by Gasteiger charge is 2.06. The van der Waals surface area contributed by atoms with Crippen LogP contribution in [0.15, 0.2) is 53.6 Å². The first kappa shape index (κ1) is 17.7. The lowest BCUT2D eigenvalue weighted by molar-refractivity contribution is -0.0498. The molecule has 0 aliphatic carbocycles. The molecule has 2 N–H and O–H groups in total. The molecule has 0 atom stereocenters. The fourth-order valence-corrected chi connectivity index (χ4v) is 1.95. The van der Waals surface area contributed by atoms with Crippen LogP contribution in [0.4, 0.5) is 18.9 Å². The molecule has 126 valence electrons. The summed E-state index contributed by atoms with van der Waals surface area (Å²) in [5.74, 6) is -0.303. The quantitative estimate of drug-likeness (QED) is 0.482. The monoisotopic (exact) mass is 353 g/mol. The topological polar surface area (TPSA) is 45.7 Å². The van der Waals surface area contributed by atoms with Crippen molar-refractivity contribution in [2.24, 2.45) is 5.10 Å². The number of nitrogens with one attached hydrogen (secondary N) is 2. The Kier molecular flexibility index (Phi) is 6.14. The Morgan fingerprint density at radius 3 is 2.54 bits per heavy atom. The summed E-state index contributed by atoms with van der Waals surface area (Å²) in [5.41, 5.74) is 4.36. The molecular weight excluding hydrogens is 339 g/mol. The maximum Gasteiger partial charge on any atom is 0.387 e. The molecule has 0 heterocycles. The fraction of sp³-hybridized carbons (Fsp3) is 0.125. The molecule has 0 aromatic heterocycles. The summed E-state index contributed by atoms with van der Waals surface area (Å²) >= 11 is 5.07. The first-order valence-corrected chi connectivity index (χ1v) is 7.27. The van der Waals surface area contributed by atoms with Gasteiger partial charge in [-0.3, -0.25) is 5.43 Å². The molecule has 4 nitrogen and oxygen atoms in total. The highest BCUT2D eigenvalue weighted by molar-refractivity contribution is 7.80. The molecule has 0 amide bonds. The van der Waals surface area contributed by atoms with Crippen LogP contribution in [0.1, 0.15) is 12.5 Å². The number of thiocarbonyl (C=S) groups is 1. The second-order valence-electron chi connectivity index (χ2n) is 4.68. The number of alkyl halides is 2. The van der Waals surface area contributed by atoms with Crippen LogP contribution in [0.2, 0.25) is 0 Å². The van der Waals surface area contributed by atoms with Crippen molar-refractivity contribution in [3.63, 3.8) is 0 Å². The van der Waals surface area contributed by atoms with Gasteiger partial charge in [0.1, 0.15) is 11.6 Å². The first-order valence-electron chi connectivity index (χ1n) is 6.86. The third-order valence-corrected chi connectivity index (χ3v) is 3.10. The van der Waals surface area contributed by atoms with Gasteiger partial charge in [0.15, 0.2) is 5.11 Å². The number of ether oxygens (including phenoxy) is 1. The summed E-state index contributed by atoms with van der Waals surface area (Å²) in [4.78, 5) is 0. The number of halogens is 3. The summed E-state index contributed by atoms with van der Waals surface area (Å²) in [6, 6.07) is 11.8. The van der Waals surface area contributed by atoms with Crippen LogP contribution < -0.4 is 15.5 Å². The lowest BCUT2D eigenvalue weighted by Crippen LogP contribution is -2.24. The summed E-state index contributed by atoms with van der Waals surface area (Å²) in [6.07, 6.45) is 0. The first-order chi connectivity index (χ1) is 11.4. The van der Waals surface area contributed by atoms with Crippen LogP contribution in [0.25, 0.3) is 0 Å². The van der Waals surface area contributed by atoms with Gasteiger partial charge in [-0.1, -0.05) is 12.1 Å². The summed E-state index contributed by atoms with van der Waals surface area (Å²) in [5, 5.41) is 7.12. The maximum atomic E-state index is 12.8. The molecule has 8 heteroatoms. The van der Waals surface area contributed by atoms with Crippen molar-refractivity contribution in [3.05, 3.63) is 59.9 Å². The Balaban J connectivity index is 1.97. The van der Waals surface area contributed by atoms with E-state index in [1.165, 1.54) is 36.4 Å². The largest absolute Gasteiger partial charge is 0.435 e. The number of benzene rings is 2. The van der Waals surface area contributed by atoms with Gasteiger partial charge in [0.2, 0.25) is 0 Å². The third-order valence-electron chi connectivity index (χ3n) is 2.90. The van der Waals surface area contributed by atoms with Gasteiger partial charge in [0.05, 0.1) is 5.71 Å². The smallest absolute Gasteiger partial charge is 0.387 e. The standard InChI is InChI=1S/C16H14F3N3OS/c1-10(11-3-2-4-14(9-11)23-15(18)19)21-22-16(24)20-13-7-5-12(17)6-8-13/h2-9,15H,1H3,(H2,20,22,24)/b21-10-. The van der Waals surface area contributed by atoms with E-state index in [2.05, 4.69) is 20.6 Å². The fourth-order valence-electron chi connectivity index (χ4n) is 1.79. The average molecular weight is 353 g/mol. The molecule has 0 aliphatic heterocycles. The molecular formula is C16H14F3N3OS. The van der Waals surface area contributed by atoms with E-state index in [4.69, 9.17) is 12.2 Å². The molecule has 0 bridgehead atoms. The SMILES string of the molecule is C/C(=N/NC(=S)Nc1ccc(F)cc1)c1cccc(OC(F)F)c1. The van der Waals surface area contributed by atoms with Crippen molar-refractivity contribution >= 4 is 28.7 Å². The van der Waals surface area contributed by atoms with Crippen molar-refractivity contribution in [1.82, 2.24) is 5.43 Å². The zero-order chi connectivity index (χ0) is 17.5. The Morgan fingerprint density at radius 1 is 1.17 bits per heavy atom. The molecule has 2 rings (SSSR count). The van der Waals surface area contributed by atoms with Crippen molar-refractivity contribution in [3.8, 4) is 5.75 Å². The molecule has 0 unspecified atom stereocenters. The zero-order valence-corrected chi connectivity index (χ0v) is 13.4. The van der Waals surface area contributed by atoms with Gasteiger partial charge in [0.25, 0.3) is 0 Å². The van der Waals surface area contributed by atoms with E-state index in [1.807, 2.05) is 0 Å². The molecule has 0 aliphatic rings. The molecule has 2 aromatic rings. The van der Waals surface area contributed by atoms with Gasteiger partial charge in [-0.25, -0.2) is 4.39 Å².